The molecular weight excluding hydrogens is 248 g/mol. The van der Waals surface area contributed by atoms with E-state index in [1.165, 1.54) is 5.56 Å². The van der Waals surface area contributed by atoms with E-state index in [0.29, 0.717) is 25.7 Å². The molecule has 0 fully saturated rings. The van der Waals surface area contributed by atoms with Crippen LogP contribution in [0, 0.1) is 0 Å². The fourth-order valence-corrected chi connectivity index (χ4v) is 2.59. The van der Waals surface area contributed by atoms with E-state index < -0.39 is 0 Å². The SMILES string of the molecule is C=CCN(CC=C)CC(=O)c1ccc2c(c1)CC(C)N2. The maximum Gasteiger partial charge on any atom is 0.176 e. The highest BCUT2D eigenvalue weighted by atomic mass is 16.1. The second-order valence-electron chi connectivity index (χ2n) is 5.32. The molecule has 0 saturated heterocycles. The number of anilines is 1. The van der Waals surface area contributed by atoms with E-state index in [4.69, 9.17) is 0 Å². The van der Waals surface area contributed by atoms with Gasteiger partial charge in [0.1, 0.15) is 0 Å². The molecule has 0 saturated carbocycles. The van der Waals surface area contributed by atoms with Crippen molar-refractivity contribution in [3.8, 4) is 0 Å². The summed E-state index contributed by atoms with van der Waals surface area (Å²) in [7, 11) is 0. The maximum atomic E-state index is 12.4. The fraction of sp³-hybridized carbons (Fsp3) is 0.353. The molecule has 0 aromatic heterocycles. The molecule has 3 nitrogen and oxygen atoms in total. The highest BCUT2D eigenvalue weighted by molar-refractivity contribution is 5.98. The average molecular weight is 270 g/mol. The Labute approximate surface area is 121 Å². The number of fused-ring (bicyclic) bond motifs is 1. The van der Waals surface area contributed by atoms with E-state index in [1.807, 2.05) is 35.3 Å². The zero-order valence-corrected chi connectivity index (χ0v) is 12.1. The van der Waals surface area contributed by atoms with Crippen LogP contribution >= 0.6 is 0 Å². The summed E-state index contributed by atoms with van der Waals surface area (Å²) in [4.78, 5) is 14.4. The highest BCUT2D eigenvalue weighted by Gasteiger charge is 2.19. The van der Waals surface area contributed by atoms with Crippen molar-refractivity contribution in [1.29, 1.82) is 0 Å². The van der Waals surface area contributed by atoms with Gasteiger partial charge in [0.05, 0.1) is 6.54 Å². The van der Waals surface area contributed by atoms with Crippen molar-refractivity contribution in [2.75, 3.05) is 25.0 Å². The summed E-state index contributed by atoms with van der Waals surface area (Å²) in [6.45, 7) is 11.4. The lowest BCUT2D eigenvalue weighted by Crippen LogP contribution is -2.30. The molecule has 0 amide bonds. The summed E-state index contributed by atoms with van der Waals surface area (Å²) < 4.78 is 0. The van der Waals surface area contributed by atoms with Crippen molar-refractivity contribution < 1.29 is 4.79 Å². The van der Waals surface area contributed by atoms with Crippen molar-refractivity contribution in [2.24, 2.45) is 0 Å². The van der Waals surface area contributed by atoms with Gasteiger partial charge < -0.3 is 5.32 Å². The Morgan fingerprint density at radius 1 is 1.40 bits per heavy atom. The van der Waals surface area contributed by atoms with Crippen molar-refractivity contribution in [2.45, 2.75) is 19.4 Å². The molecule has 0 spiro atoms. The minimum absolute atomic E-state index is 0.149. The summed E-state index contributed by atoms with van der Waals surface area (Å²) in [5, 5.41) is 3.40. The van der Waals surface area contributed by atoms with Gasteiger partial charge in [0.25, 0.3) is 0 Å². The van der Waals surface area contributed by atoms with Gasteiger partial charge in [0.2, 0.25) is 0 Å². The first-order chi connectivity index (χ1) is 9.63. The summed E-state index contributed by atoms with van der Waals surface area (Å²) in [6.07, 6.45) is 4.61. The third kappa shape index (κ3) is 3.36. The Hall–Kier alpha value is -1.87. The van der Waals surface area contributed by atoms with E-state index >= 15 is 0 Å². The molecule has 0 bridgehead atoms. The van der Waals surface area contributed by atoms with Crippen LogP contribution in [-0.2, 0) is 6.42 Å². The Bertz CT molecular complexity index is 512. The number of Topliss-reactive ketones (excluding diaryl/α,β-unsaturated/α-hetero) is 1. The lowest BCUT2D eigenvalue weighted by atomic mass is 10.0. The van der Waals surface area contributed by atoms with Gasteiger partial charge in [-0.3, -0.25) is 9.69 Å². The smallest absolute Gasteiger partial charge is 0.176 e. The number of benzene rings is 1. The van der Waals surface area contributed by atoms with Crippen molar-refractivity contribution in [3.05, 3.63) is 54.6 Å². The predicted octanol–water partition coefficient (Wildman–Crippen LogP) is 2.90. The molecule has 1 aromatic rings. The Morgan fingerprint density at radius 3 is 2.75 bits per heavy atom. The van der Waals surface area contributed by atoms with E-state index in [0.717, 1.165) is 17.7 Å². The molecular formula is C17H22N2O. The molecule has 20 heavy (non-hydrogen) atoms. The third-order valence-corrected chi connectivity index (χ3v) is 3.50. The van der Waals surface area contributed by atoms with Crippen LogP contribution in [0.3, 0.4) is 0 Å². The molecule has 1 aliphatic rings. The fourth-order valence-electron chi connectivity index (χ4n) is 2.59. The van der Waals surface area contributed by atoms with Crippen molar-refractivity contribution in [3.63, 3.8) is 0 Å². The monoisotopic (exact) mass is 270 g/mol. The number of carbonyl (C=O) groups is 1. The van der Waals surface area contributed by atoms with Gasteiger partial charge in [0, 0.05) is 30.4 Å². The molecule has 0 aliphatic carbocycles. The second kappa shape index (κ2) is 6.53. The largest absolute Gasteiger partial charge is 0.382 e. The maximum absolute atomic E-state index is 12.4. The number of ketones is 1. The molecule has 3 heteroatoms. The molecule has 0 radical (unpaired) electrons. The zero-order valence-electron chi connectivity index (χ0n) is 12.1. The highest BCUT2D eigenvalue weighted by Crippen LogP contribution is 2.26. The molecule has 106 valence electrons. The molecule has 1 aliphatic heterocycles. The normalized spacial score (nSPS) is 16.6. The molecule has 1 unspecified atom stereocenters. The van der Waals surface area contributed by atoms with Gasteiger partial charge in [-0.15, -0.1) is 13.2 Å². The lowest BCUT2D eigenvalue weighted by Gasteiger charge is -2.17. The van der Waals surface area contributed by atoms with E-state index in [1.54, 1.807) is 0 Å². The number of hydrogen-bond acceptors (Lipinski definition) is 3. The Morgan fingerprint density at radius 2 is 2.10 bits per heavy atom. The first kappa shape index (κ1) is 14.5. The second-order valence-corrected chi connectivity index (χ2v) is 5.32. The van der Waals surface area contributed by atoms with Crippen LogP contribution in [0.25, 0.3) is 0 Å². The van der Waals surface area contributed by atoms with Crippen LogP contribution < -0.4 is 5.32 Å². The molecule has 1 heterocycles. The van der Waals surface area contributed by atoms with Gasteiger partial charge >= 0.3 is 0 Å². The van der Waals surface area contributed by atoms with E-state index in [-0.39, 0.29) is 5.78 Å². The summed E-state index contributed by atoms with van der Waals surface area (Å²) in [5.41, 5.74) is 3.18. The number of hydrogen-bond donors (Lipinski definition) is 1. The summed E-state index contributed by atoms with van der Waals surface area (Å²) in [5.74, 6) is 0.149. The van der Waals surface area contributed by atoms with Gasteiger partial charge in [0.15, 0.2) is 5.78 Å². The molecule has 1 atom stereocenters. The van der Waals surface area contributed by atoms with Crippen molar-refractivity contribution >= 4 is 11.5 Å². The summed E-state index contributed by atoms with van der Waals surface area (Å²) >= 11 is 0. The quantitative estimate of drug-likeness (QED) is 0.611. The predicted molar refractivity (Wildman–Crippen MR) is 84.4 cm³/mol. The van der Waals surface area contributed by atoms with Crippen LogP contribution in [0.1, 0.15) is 22.8 Å². The summed E-state index contributed by atoms with van der Waals surface area (Å²) in [6, 6.07) is 6.39. The minimum Gasteiger partial charge on any atom is -0.382 e. The van der Waals surface area contributed by atoms with E-state index in [2.05, 4.69) is 25.4 Å². The van der Waals surface area contributed by atoms with Crippen LogP contribution in [0.5, 0.6) is 0 Å². The number of carbonyl (C=O) groups excluding carboxylic acids is 1. The number of nitrogens with zero attached hydrogens (tertiary/aromatic N) is 1. The van der Waals surface area contributed by atoms with Crippen LogP contribution in [-0.4, -0.2) is 36.4 Å². The van der Waals surface area contributed by atoms with Crippen molar-refractivity contribution in [1.82, 2.24) is 4.90 Å². The van der Waals surface area contributed by atoms with Gasteiger partial charge in [-0.05, 0) is 37.1 Å². The van der Waals surface area contributed by atoms with Gasteiger partial charge in [-0.2, -0.15) is 0 Å². The lowest BCUT2D eigenvalue weighted by molar-refractivity contribution is 0.0944. The van der Waals surface area contributed by atoms with Gasteiger partial charge in [-0.1, -0.05) is 12.2 Å². The van der Waals surface area contributed by atoms with Crippen LogP contribution in [0.15, 0.2) is 43.5 Å². The Balaban J connectivity index is 2.07. The topological polar surface area (TPSA) is 32.3 Å². The Kier molecular flexibility index (Phi) is 4.74. The van der Waals surface area contributed by atoms with Crippen LogP contribution in [0.4, 0.5) is 5.69 Å². The first-order valence-electron chi connectivity index (χ1n) is 7.01. The molecule has 1 N–H and O–H groups in total. The number of nitrogens with one attached hydrogen (secondary N) is 1. The average Bonchev–Trinajstić information content (AvgIpc) is 2.78. The minimum atomic E-state index is 0.149. The molecule has 2 rings (SSSR count). The van der Waals surface area contributed by atoms with Crippen LogP contribution in [0.2, 0.25) is 0 Å². The molecule has 1 aromatic carbocycles. The first-order valence-corrected chi connectivity index (χ1v) is 7.01. The zero-order chi connectivity index (χ0) is 14.5. The van der Waals surface area contributed by atoms with Gasteiger partial charge in [-0.25, -0.2) is 0 Å². The standard InChI is InChI=1S/C17H22N2O/c1-4-8-19(9-5-2)12-17(20)14-6-7-16-15(11-14)10-13(3)18-16/h4-7,11,13,18H,1-2,8-10,12H2,3H3. The third-order valence-electron chi connectivity index (χ3n) is 3.50. The number of rotatable bonds is 7. The van der Waals surface area contributed by atoms with E-state index in [9.17, 15) is 4.79 Å².